The maximum atomic E-state index is 13.0. The van der Waals surface area contributed by atoms with Gasteiger partial charge in [-0.05, 0) is 65.0 Å². The van der Waals surface area contributed by atoms with E-state index >= 15 is 0 Å². The first-order chi connectivity index (χ1) is 16.4. The number of aromatic nitrogens is 3. The third-order valence-corrected chi connectivity index (χ3v) is 6.16. The van der Waals surface area contributed by atoms with Crippen molar-refractivity contribution in [3.8, 4) is 5.88 Å². The molecule has 0 fully saturated rings. The molecule has 1 N–H and O–H groups in total. The molecule has 2 heterocycles. The van der Waals surface area contributed by atoms with Gasteiger partial charge in [-0.1, -0.05) is 30.7 Å². The molecule has 0 aliphatic rings. The van der Waals surface area contributed by atoms with Gasteiger partial charge in [0, 0.05) is 40.4 Å². The van der Waals surface area contributed by atoms with E-state index < -0.39 is 23.4 Å². The van der Waals surface area contributed by atoms with Crippen LogP contribution in [0.3, 0.4) is 0 Å². The lowest BCUT2D eigenvalue weighted by molar-refractivity contribution is -0.141. The van der Waals surface area contributed by atoms with E-state index in [1.54, 1.807) is 24.5 Å². The molecule has 0 aliphatic carbocycles. The van der Waals surface area contributed by atoms with Gasteiger partial charge in [-0.3, -0.25) is 9.78 Å². The Balaban J connectivity index is 1.78. The van der Waals surface area contributed by atoms with Crippen LogP contribution in [-0.2, 0) is 11.0 Å². The van der Waals surface area contributed by atoms with Gasteiger partial charge in [0.25, 0.3) is 5.91 Å². The van der Waals surface area contributed by atoms with Crippen molar-refractivity contribution in [3.05, 3.63) is 81.4 Å². The molecule has 2 unspecified atom stereocenters. The van der Waals surface area contributed by atoms with Gasteiger partial charge in [0.2, 0.25) is 5.88 Å². The number of carbonyl (C=O) groups excluding carboxylic acids is 1. The summed E-state index contributed by atoms with van der Waals surface area (Å²) >= 11 is 9.46. The van der Waals surface area contributed by atoms with Crippen LogP contribution < -0.4 is 10.1 Å². The van der Waals surface area contributed by atoms with E-state index in [0.29, 0.717) is 11.1 Å². The zero-order chi connectivity index (χ0) is 25.8. The van der Waals surface area contributed by atoms with Crippen LogP contribution >= 0.6 is 27.5 Å². The van der Waals surface area contributed by atoms with Gasteiger partial charge >= 0.3 is 6.18 Å². The van der Waals surface area contributed by atoms with Gasteiger partial charge in [0.1, 0.15) is 6.33 Å². The van der Waals surface area contributed by atoms with Crippen LogP contribution in [0, 0.1) is 0 Å². The van der Waals surface area contributed by atoms with Crippen LogP contribution in [0.1, 0.15) is 49.4 Å². The first-order valence-corrected chi connectivity index (χ1v) is 11.8. The molecule has 0 aliphatic heterocycles. The molecule has 0 saturated heterocycles. The highest BCUT2D eigenvalue weighted by molar-refractivity contribution is 9.10. The second-order valence-corrected chi connectivity index (χ2v) is 9.80. The number of halogens is 5. The van der Waals surface area contributed by atoms with Crippen LogP contribution in [-0.4, -0.2) is 33.0 Å². The van der Waals surface area contributed by atoms with E-state index in [4.69, 9.17) is 16.3 Å². The molecule has 0 bridgehead atoms. The van der Waals surface area contributed by atoms with Crippen LogP contribution in [0.2, 0.25) is 5.02 Å². The van der Waals surface area contributed by atoms with Crippen molar-refractivity contribution in [1.29, 1.82) is 0 Å². The molecule has 6 nitrogen and oxygen atoms in total. The smallest absolute Gasteiger partial charge is 0.433 e. The van der Waals surface area contributed by atoms with Gasteiger partial charge in [-0.2, -0.15) is 13.2 Å². The minimum absolute atomic E-state index is 0.0242. The van der Waals surface area contributed by atoms with Gasteiger partial charge < -0.3 is 10.1 Å². The number of rotatable bonds is 8. The maximum absolute atomic E-state index is 13.0. The highest BCUT2D eigenvalue weighted by Gasteiger charge is 2.35. The van der Waals surface area contributed by atoms with Gasteiger partial charge in [-0.15, -0.1) is 0 Å². The van der Waals surface area contributed by atoms with Crippen molar-refractivity contribution < 1.29 is 22.7 Å². The number of benzene rings is 1. The molecular weight excluding hydrogens is 549 g/mol. The van der Waals surface area contributed by atoms with Crippen LogP contribution in [0.25, 0.3) is 0 Å². The zero-order valence-corrected chi connectivity index (χ0v) is 21.4. The summed E-state index contributed by atoms with van der Waals surface area (Å²) in [7, 11) is 0. The van der Waals surface area contributed by atoms with Crippen LogP contribution in [0.5, 0.6) is 5.88 Å². The highest BCUT2D eigenvalue weighted by atomic mass is 79.9. The predicted molar refractivity (Wildman–Crippen MR) is 129 cm³/mol. The normalized spacial score (nSPS) is 13.7. The molecule has 1 amide bonds. The first-order valence-electron chi connectivity index (χ1n) is 10.6. The third-order valence-electron chi connectivity index (χ3n) is 5.48. The minimum atomic E-state index is -4.66. The van der Waals surface area contributed by atoms with Crippen molar-refractivity contribution in [1.82, 2.24) is 20.3 Å². The second-order valence-electron chi connectivity index (χ2n) is 8.44. The zero-order valence-electron chi connectivity index (χ0n) is 19.1. The van der Waals surface area contributed by atoms with E-state index in [1.807, 2.05) is 25.1 Å². The number of hydrogen-bond acceptors (Lipinski definition) is 5. The van der Waals surface area contributed by atoms with Crippen LogP contribution in [0.4, 0.5) is 13.2 Å². The first kappa shape index (κ1) is 26.9. The SMILES string of the molecule is CC(c1ccc(Cl)cc1)C(CNC(=O)C(C)(C)Oc1cc(C(F)(F)F)ncn1)c1cncc(Br)c1. The number of hydrogen-bond donors (Lipinski definition) is 1. The van der Waals surface area contributed by atoms with Crippen molar-refractivity contribution in [3.63, 3.8) is 0 Å². The highest BCUT2D eigenvalue weighted by Crippen LogP contribution is 2.34. The number of ether oxygens (including phenoxy) is 1. The largest absolute Gasteiger partial charge is 0.461 e. The summed E-state index contributed by atoms with van der Waals surface area (Å²) in [6, 6.07) is 10.0. The Bertz CT molecular complexity index is 1180. The number of nitrogens with one attached hydrogen (secondary N) is 1. The van der Waals surface area contributed by atoms with Crippen molar-refractivity contribution >= 4 is 33.4 Å². The molecular formula is C24H23BrClF3N4O2. The Labute approximate surface area is 214 Å². The standard InChI is InChI=1S/C24H23BrClF3N4O2/c1-14(15-4-6-18(26)7-5-15)19(16-8-17(25)11-30-10-16)12-31-22(34)23(2,3)35-21-9-20(24(27,28)29)32-13-33-21/h4-11,13-14,19H,12H2,1-3H3,(H,31,34). The van der Waals surface area contributed by atoms with E-state index in [2.05, 4.69) is 36.2 Å². The van der Waals surface area contributed by atoms with Crippen molar-refractivity contribution in [2.45, 2.75) is 44.4 Å². The summed E-state index contributed by atoms with van der Waals surface area (Å²) in [4.78, 5) is 24.2. The van der Waals surface area contributed by atoms with Gasteiger partial charge in [-0.25, -0.2) is 9.97 Å². The summed E-state index contributed by atoms with van der Waals surface area (Å²) in [5.74, 6) is -1.06. The fraction of sp³-hybridized carbons (Fsp3) is 0.333. The third kappa shape index (κ3) is 7.14. The Kier molecular flexibility index (Phi) is 8.38. The van der Waals surface area contributed by atoms with Gasteiger partial charge in [0.05, 0.1) is 0 Å². The molecule has 11 heteroatoms. The number of alkyl halides is 3. The summed E-state index contributed by atoms with van der Waals surface area (Å²) in [5.41, 5.74) is -0.741. The molecule has 2 atom stereocenters. The van der Waals surface area contributed by atoms with Gasteiger partial charge in [0.15, 0.2) is 11.3 Å². The second kappa shape index (κ2) is 10.9. The average Bonchev–Trinajstić information content (AvgIpc) is 2.79. The van der Waals surface area contributed by atoms with E-state index in [9.17, 15) is 18.0 Å². The van der Waals surface area contributed by atoms with Crippen molar-refractivity contribution in [2.24, 2.45) is 0 Å². The minimum Gasteiger partial charge on any atom is -0.461 e. The molecule has 3 aromatic rings. The lowest BCUT2D eigenvalue weighted by Crippen LogP contribution is -2.48. The molecule has 1 aromatic carbocycles. The van der Waals surface area contributed by atoms with E-state index in [0.717, 1.165) is 21.9 Å². The van der Waals surface area contributed by atoms with E-state index in [-0.39, 0.29) is 24.3 Å². The number of carbonyl (C=O) groups is 1. The number of amides is 1. The molecule has 0 radical (unpaired) electrons. The molecule has 186 valence electrons. The quantitative estimate of drug-likeness (QED) is 0.350. The predicted octanol–water partition coefficient (Wildman–Crippen LogP) is 6.17. The lowest BCUT2D eigenvalue weighted by atomic mass is 9.83. The topological polar surface area (TPSA) is 77.0 Å². The van der Waals surface area contributed by atoms with Crippen LogP contribution in [0.15, 0.2) is 59.6 Å². The summed E-state index contributed by atoms with van der Waals surface area (Å²) < 4.78 is 45.2. The number of pyridine rings is 1. The Morgan fingerprint density at radius 3 is 2.43 bits per heavy atom. The molecule has 2 aromatic heterocycles. The molecule has 0 saturated carbocycles. The average molecular weight is 572 g/mol. The summed E-state index contributed by atoms with van der Waals surface area (Å²) in [6.45, 7) is 5.17. The molecule has 35 heavy (non-hydrogen) atoms. The van der Waals surface area contributed by atoms with Crippen molar-refractivity contribution in [2.75, 3.05) is 6.54 Å². The maximum Gasteiger partial charge on any atom is 0.433 e. The van der Waals surface area contributed by atoms with E-state index in [1.165, 1.54) is 13.8 Å². The lowest BCUT2D eigenvalue weighted by Gasteiger charge is -2.29. The Morgan fingerprint density at radius 1 is 1.11 bits per heavy atom. The molecule has 0 spiro atoms. The fourth-order valence-corrected chi connectivity index (χ4v) is 4.00. The number of nitrogens with zero attached hydrogens (tertiary/aromatic N) is 3. The Hall–Kier alpha value is -2.72. The fourth-order valence-electron chi connectivity index (χ4n) is 3.49. The monoisotopic (exact) mass is 570 g/mol. The Morgan fingerprint density at radius 2 is 1.80 bits per heavy atom. The molecule has 3 rings (SSSR count). The summed E-state index contributed by atoms with van der Waals surface area (Å²) in [5, 5.41) is 3.49. The summed E-state index contributed by atoms with van der Waals surface area (Å²) in [6.07, 6.45) is -0.512.